The van der Waals surface area contributed by atoms with Crippen LogP contribution in [-0.4, -0.2) is 18.3 Å². The minimum absolute atomic E-state index is 0.162. The van der Waals surface area contributed by atoms with Crippen molar-refractivity contribution in [3.63, 3.8) is 0 Å². The smallest absolute Gasteiger partial charge is 0.269 e. The van der Waals surface area contributed by atoms with Crippen molar-refractivity contribution in [3.8, 4) is 0 Å². The molecule has 29 heavy (non-hydrogen) atoms. The Morgan fingerprint density at radius 3 is 2.28 bits per heavy atom. The van der Waals surface area contributed by atoms with Crippen LogP contribution in [0.15, 0.2) is 78.1 Å². The number of nitrogens with one attached hydrogen (secondary N) is 2. The Morgan fingerprint density at radius 1 is 1.07 bits per heavy atom. The standard InChI is InChI=1S/C13H16N2.C9H11NO2.CH2O/c1-11-7-8-14-13(9-11)15-10-12-5-3-2-4-6-12;1-2-3-8-4-6-9(7-5-8)10(11)12;1-2/h2-7,9,14-15H,8,10H2,1H3;4-7H,2-3H2,1H3;1H2. The van der Waals surface area contributed by atoms with Crippen LogP contribution in [0.1, 0.15) is 31.4 Å². The molecule has 0 atom stereocenters. The zero-order valence-electron chi connectivity index (χ0n) is 17.1. The summed E-state index contributed by atoms with van der Waals surface area (Å²) in [5.74, 6) is 1.11. The lowest BCUT2D eigenvalue weighted by Gasteiger charge is -2.16. The molecular weight excluding hydrogens is 366 g/mol. The van der Waals surface area contributed by atoms with Gasteiger partial charge in [0, 0.05) is 25.2 Å². The van der Waals surface area contributed by atoms with Gasteiger partial charge in [-0.15, -0.1) is 0 Å². The van der Waals surface area contributed by atoms with E-state index in [4.69, 9.17) is 4.79 Å². The maximum absolute atomic E-state index is 10.3. The Bertz CT molecular complexity index is 800. The average Bonchev–Trinajstić information content (AvgIpc) is 2.76. The Kier molecular flexibility index (Phi) is 11.2. The third kappa shape index (κ3) is 9.37. The van der Waals surface area contributed by atoms with E-state index in [0.717, 1.165) is 37.3 Å². The predicted octanol–water partition coefficient (Wildman–Crippen LogP) is 4.53. The summed E-state index contributed by atoms with van der Waals surface area (Å²) in [4.78, 5) is 17.9. The number of carbonyl (C=O) groups is 1. The minimum atomic E-state index is -0.379. The number of allylic oxidation sites excluding steroid dienone is 2. The SMILES string of the molecule is C=O.CC1=CCNC(NCc2ccccc2)=C1.CCCc1ccc([N+](=O)[O-])cc1. The highest BCUT2D eigenvalue weighted by Gasteiger charge is 2.02. The first-order valence-electron chi connectivity index (χ1n) is 9.51. The van der Waals surface area contributed by atoms with Crippen molar-refractivity contribution < 1.29 is 9.72 Å². The summed E-state index contributed by atoms with van der Waals surface area (Å²) < 4.78 is 0. The number of nitrogens with zero attached hydrogens (tertiary/aromatic N) is 1. The van der Waals surface area contributed by atoms with Crippen LogP contribution in [-0.2, 0) is 17.8 Å². The lowest BCUT2D eigenvalue weighted by molar-refractivity contribution is -0.384. The van der Waals surface area contributed by atoms with E-state index in [9.17, 15) is 10.1 Å². The number of nitro groups is 1. The number of nitro benzene ring substituents is 1. The summed E-state index contributed by atoms with van der Waals surface area (Å²) in [6.07, 6.45) is 6.36. The van der Waals surface area contributed by atoms with E-state index in [1.807, 2.05) is 25.0 Å². The maximum atomic E-state index is 10.3. The number of hydrogen-bond donors (Lipinski definition) is 2. The maximum Gasteiger partial charge on any atom is 0.269 e. The van der Waals surface area contributed by atoms with Gasteiger partial charge in [0.15, 0.2) is 0 Å². The molecule has 6 nitrogen and oxygen atoms in total. The van der Waals surface area contributed by atoms with E-state index in [0.29, 0.717) is 0 Å². The molecule has 0 amide bonds. The van der Waals surface area contributed by atoms with Crippen molar-refractivity contribution in [2.24, 2.45) is 0 Å². The molecule has 0 aliphatic carbocycles. The quantitative estimate of drug-likeness (QED) is 0.554. The van der Waals surface area contributed by atoms with Crippen LogP contribution in [0.2, 0.25) is 0 Å². The molecule has 2 aromatic carbocycles. The van der Waals surface area contributed by atoms with Gasteiger partial charge >= 0.3 is 0 Å². The van der Waals surface area contributed by atoms with Gasteiger partial charge < -0.3 is 15.4 Å². The van der Waals surface area contributed by atoms with Crippen molar-refractivity contribution in [1.29, 1.82) is 0 Å². The summed E-state index contributed by atoms with van der Waals surface area (Å²) in [6, 6.07) is 17.1. The number of benzene rings is 2. The second-order valence-electron chi connectivity index (χ2n) is 6.40. The molecule has 0 bridgehead atoms. The van der Waals surface area contributed by atoms with Gasteiger partial charge in [0.05, 0.1) is 10.7 Å². The number of non-ortho nitro benzene ring substituents is 1. The topological polar surface area (TPSA) is 84.3 Å². The van der Waals surface area contributed by atoms with E-state index in [1.165, 1.54) is 11.1 Å². The van der Waals surface area contributed by atoms with Gasteiger partial charge in [-0.25, -0.2) is 0 Å². The molecule has 1 aliphatic heterocycles. The molecular formula is C23H29N3O3. The highest BCUT2D eigenvalue weighted by Crippen LogP contribution is 2.12. The molecule has 0 radical (unpaired) electrons. The molecule has 3 rings (SSSR count). The Balaban J connectivity index is 0.000000273. The van der Waals surface area contributed by atoms with Crippen molar-refractivity contribution in [3.05, 3.63) is 99.4 Å². The molecule has 0 fully saturated rings. The van der Waals surface area contributed by atoms with Gasteiger partial charge in [0.25, 0.3) is 5.69 Å². The van der Waals surface area contributed by atoms with Crippen molar-refractivity contribution in [1.82, 2.24) is 10.6 Å². The van der Waals surface area contributed by atoms with Gasteiger partial charge in [0.1, 0.15) is 6.79 Å². The lowest BCUT2D eigenvalue weighted by Crippen LogP contribution is -2.28. The van der Waals surface area contributed by atoms with E-state index in [1.54, 1.807) is 12.1 Å². The molecule has 0 saturated heterocycles. The van der Waals surface area contributed by atoms with Crippen LogP contribution in [0.25, 0.3) is 0 Å². The number of aryl methyl sites for hydroxylation is 1. The number of rotatable bonds is 6. The first-order valence-corrected chi connectivity index (χ1v) is 9.51. The van der Waals surface area contributed by atoms with Gasteiger partial charge in [-0.2, -0.15) is 0 Å². The van der Waals surface area contributed by atoms with Gasteiger partial charge in [-0.3, -0.25) is 10.1 Å². The largest absolute Gasteiger partial charge is 0.368 e. The van der Waals surface area contributed by atoms with Gasteiger partial charge in [-0.1, -0.05) is 61.9 Å². The monoisotopic (exact) mass is 395 g/mol. The fourth-order valence-electron chi connectivity index (χ4n) is 2.64. The molecule has 2 N–H and O–H groups in total. The van der Waals surface area contributed by atoms with Crippen LogP contribution < -0.4 is 10.6 Å². The predicted molar refractivity (Wildman–Crippen MR) is 117 cm³/mol. The third-order valence-corrected chi connectivity index (χ3v) is 4.10. The Hall–Kier alpha value is -3.41. The Morgan fingerprint density at radius 2 is 1.72 bits per heavy atom. The molecule has 0 spiro atoms. The first-order chi connectivity index (χ1) is 14.1. The summed E-state index contributed by atoms with van der Waals surface area (Å²) in [5.41, 5.74) is 3.93. The van der Waals surface area contributed by atoms with E-state index >= 15 is 0 Å². The molecule has 154 valence electrons. The summed E-state index contributed by atoms with van der Waals surface area (Å²) >= 11 is 0. The van der Waals surface area contributed by atoms with Crippen LogP contribution in [0.3, 0.4) is 0 Å². The van der Waals surface area contributed by atoms with Crippen molar-refractivity contribution in [2.45, 2.75) is 33.2 Å². The summed E-state index contributed by atoms with van der Waals surface area (Å²) in [6.45, 7) is 7.98. The highest BCUT2D eigenvalue weighted by molar-refractivity contribution is 5.32. The van der Waals surface area contributed by atoms with E-state index < -0.39 is 0 Å². The molecule has 1 aliphatic rings. The molecule has 0 aromatic heterocycles. The second kappa shape index (κ2) is 13.7. The number of carbonyl (C=O) groups excluding carboxylic acids is 1. The van der Waals surface area contributed by atoms with Crippen LogP contribution in [0.5, 0.6) is 0 Å². The molecule has 2 aromatic rings. The average molecular weight is 396 g/mol. The van der Waals surface area contributed by atoms with Gasteiger partial charge in [0.2, 0.25) is 0 Å². The van der Waals surface area contributed by atoms with Crippen molar-refractivity contribution in [2.75, 3.05) is 6.54 Å². The van der Waals surface area contributed by atoms with Crippen molar-refractivity contribution >= 4 is 12.5 Å². The lowest BCUT2D eigenvalue weighted by atomic mass is 10.1. The second-order valence-corrected chi connectivity index (χ2v) is 6.40. The number of hydrogen-bond acceptors (Lipinski definition) is 5. The van der Waals surface area contributed by atoms with Gasteiger partial charge in [-0.05, 0) is 36.1 Å². The molecule has 0 unspecified atom stereocenters. The number of dihydropyridines is 1. The van der Waals surface area contributed by atoms with Crippen LogP contribution in [0.4, 0.5) is 5.69 Å². The summed E-state index contributed by atoms with van der Waals surface area (Å²) in [7, 11) is 0. The third-order valence-electron chi connectivity index (χ3n) is 4.10. The zero-order valence-corrected chi connectivity index (χ0v) is 17.1. The van der Waals surface area contributed by atoms with E-state index in [2.05, 4.69) is 60.9 Å². The Labute approximate surface area is 172 Å². The molecule has 6 heteroatoms. The van der Waals surface area contributed by atoms with E-state index in [-0.39, 0.29) is 10.6 Å². The molecule has 1 heterocycles. The molecule has 0 saturated carbocycles. The zero-order chi connectivity index (χ0) is 21.5. The minimum Gasteiger partial charge on any atom is -0.368 e. The first kappa shape index (κ1) is 23.6. The fraction of sp³-hybridized carbons (Fsp3) is 0.261. The fourth-order valence-corrected chi connectivity index (χ4v) is 2.64. The summed E-state index contributed by atoms with van der Waals surface area (Å²) in [5, 5.41) is 16.9. The normalized spacial score (nSPS) is 11.9. The van der Waals surface area contributed by atoms with Crippen LogP contribution in [0, 0.1) is 10.1 Å². The highest BCUT2D eigenvalue weighted by atomic mass is 16.6. The van der Waals surface area contributed by atoms with Crippen LogP contribution >= 0.6 is 0 Å².